The molecule has 0 radical (unpaired) electrons. The second kappa shape index (κ2) is 5.96. The standard InChI is InChI=1S/C13H17NO3S2/c1-8(13(16)17)7-14(2)12(15)11-9-3-5-18-10(9)4-6-19-11/h3,5,8,11H,4,6-7H2,1-2H3,(H,16,17). The van der Waals surface area contributed by atoms with Crippen LogP contribution in [0.25, 0.3) is 0 Å². The van der Waals surface area contributed by atoms with Gasteiger partial charge in [0, 0.05) is 18.5 Å². The van der Waals surface area contributed by atoms with Gasteiger partial charge in [-0.05, 0) is 29.2 Å². The lowest BCUT2D eigenvalue weighted by molar-refractivity contribution is -0.142. The number of aliphatic carboxylic acids is 1. The number of rotatable bonds is 4. The summed E-state index contributed by atoms with van der Waals surface area (Å²) in [6.07, 6.45) is 1.02. The van der Waals surface area contributed by atoms with Gasteiger partial charge in [-0.2, -0.15) is 0 Å². The number of amides is 1. The maximum atomic E-state index is 12.4. The van der Waals surface area contributed by atoms with Gasteiger partial charge in [0.05, 0.1) is 5.92 Å². The lowest BCUT2D eigenvalue weighted by Gasteiger charge is -2.27. The monoisotopic (exact) mass is 299 g/mol. The van der Waals surface area contributed by atoms with Crippen LogP contribution in [0.5, 0.6) is 0 Å². The van der Waals surface area contributed by atoms with E-state index in [9.17, 15) is 9.59 Å². The van der Waals surface area contributed by atoms with E-state index >= 15 is 0 Å². The number of likely N-dealkylation sites (N-methyl/N-ethyl adjacent to an activating group) is 1. The molecule has 1 aromatic heterocycles. The molecule has 0 saturated heterocycles. The molecule has 0 saturated carbocycles. The average molecular weight is 299 g/mol. The number of nitrogens with zero attached hydrogens (tertiary/aromatic N) is 1. The number of carbonyl (C=O) groups is 2. The highest BCUT2D eigenvalue weighted by Crippen LogP contribution is 2.40. The molecule has 2 rings (SSSR count). The van der Waals surface area contributed by atoms with Gasteiger partial charge in [0.15, 0.2) is 0 Å². The number of fused-ring (bicyclic) bond motifs is 1. The zero-order chi connectivity index (χ0) is 14.0. The minimum Gasteiger partial charge on any atom is -0.481 e. The minimum atomic E-state index is -0.868. The first-order valence-corrected chi connectivity index (χ1v) is 8.09. The molecule has 1 aliphatic rings. The highest BCUT2D eigenvalue weighted by atomic mass is 32.2. The Morgan fingerprint density at radius 3 is 3.00 bits per heavy atom. The van der Waals surface area contributed by atoms with Crippen molar-refractivity contribution in [1.82, 2.24) is 4.90 Å². The van der Waals surface area contributed by atoms with E-state index in [2.05, 4.69) is 0 Å². The highest BCUT2D eigenvalue weighted by Gasteiger charge is 2.31. The summed E-state index contributed by atoms with van der Waals surface area (Å²) in [5, 5.41) is 10.8. The van der Waals surface area contributed by atoms with Crippen molar-refractivity contribution < 1.29 is 14.7 Å². The maximum Gasteiger partial charge on any atom is 0.308 e. The topological polar surface area (TPSA) is 57.6 Å². The van der Waals surface area contributed by atoms with Crippen LogP contribution in [-0.4, -0.2) is 41.2 Å². The first-order chi connectivity index (χ1) is 9.00. The Balaban J connectivity index is 2.07. The Kier molecular flexibility index (Phi) is 4.52. The van der Waals surface area contributed by atoms with E-state index in [1.54, 1.807) is 42.0 Å². The average Bonchev–Trinajstić information content (AvgIpc) is 2.85. The van der Waals surface area contributed by atoms with E-state index in [4.69, 9.17) is 5.11 Å². The normalized spacial score (nSPS) is 19.6. The Morgan fingerprint density at radius 1 is 1.58 bits per heavy atom. The van der Waals surface area contributed by atoms with Gasteiger partial charge in [-0.3, -0.25) is 9.59 Å². The molecule has 6 heteroatoms. The van der Waals surface area contributed by atoms with Crippen LogP contribution in [0.2, 0.25) is 0 Å². The smallest absolute Gasteiger partial charge is 0.308 e. The lowest BCUT2D eigenvalue weighted by atomic mass is 10.1. The second-order valence-electron chi connectivity index (χ2n) is 4.76. The van der Waals surface area contributed by atoms with Gasteiger partial charge in [-0.1, -0.05) is 6.92 Å². The molecular formula is C13H17NO3S2. The zero-order valence-corrected chi connectivity index (χ0v) is 12.6. The van der Waals surface area contributed by atoms with Gasteiger partial charge in [0.25, 0.3) is 0 Å². The third-order valence-corrected chi connectivity index (χ3v) is 5.47. The van der Waals surface area contributed by atoms with Gasteiger partial charge in [0.2, 0.25) is 5.91 Å². The van der Waals surface area contributed by atoms with Crippen molar-refractivity contribution in [2.75, 3.05) is 19.3 Å². The molecule has 1 amide bonds. The third kappa shape index (κ3) is 3.12. The van der Waals surface area contributed by atoms with Crippen molar-refractivity contribution in [2.45, 2.75) is 18.6 Å². The number of carboxylic acids is 1. The number of hydrogen-bond acceptors (Lipinski definition) is 4. The number of carbonyl (C=O) groups excluding carboxylic acids is 1. The molecule has 2 atom stereocenters. The summed E-state index contributed by atoms with van der Waals surface area (Å²) < 4.78 is 0. The Hall–Kier alpha value is -1.01. The SMILES string of the molecule is CC(CN(C)C(=O)C1SCCc2sccc21)C(=O)O. The quantitative estimate of drug-likeness (QED) is 0.926. The molecule has 19 heavy (non-hydrogen) atoms. The predicted molar refractivity (Wildman–Crippen MR) is 77.7 cm³/mol. The van der Waals surface area contributed by atoms with Crippen molar-refractivity contribution >= 4 is 35.0 Å². The van der Waals surface area contributed by atoms with Gasteiger partial charge in [-0.25, -0.2) is 0 Å². The molecule has 4 nitrogen and oxygen atoms in total. The van der Waals surface area contributed by atoms with Crippen molar-refractivity contribution in [3.05, 3.63) is 21.9 Å². The minimum absolute atomic E-state index is 0.0115. The van der Waals surface area contributed by atoms with Crippen LogP contribution in [-0.2, 0) is 16.0 Å². The van der Waals surface area contributed by atoms with E-state index in [0.29, 0.717) is 0 Å². The van der Waals surface area contributed by atoms with Crippen LogP contribution in [0, 0.1) is 5.92 Å². The summed E-state index contributed by atoms with van der Waals surface area (Å²) in [4.78, 5) is 26.1. The van der Waals surface area contributed by atoms with Gasteiger partial charge in [0.1, 0.15) is 5.25 Å². The fraction of sp³-hybridized carbons (Fsp3) is 0.538. The number of carboxylic acid groups (broad SMARTS) is 1. The first kappa shape index (κ1) is 14.4. The molecule has 104 valence electrons. The molecule has 2 heterocycles. The zero-order valence-electron chi connectivity index (χ0n) is 11.0. The van der Waals surface area contributed by atoms with Crippen LogP contribution in [0.15, 0.2) is 11.4 Å². The van der Waals surface area contributed by atoms with E-state index in [1.165, 1.54) is 4.88 Å². The molecule has 1 aliphatic heterocycles. The van der Waals surface area contributed by atoms with Gasteiger partial charge < -0.3 is 10.0 Å². The maximum absolute atomic E-state index is 12.4. The molecule has 0 bridgehead atoms. The van der Waals surface area contributed by atoms with E-state index in [0.717, 1.165) is 17.7 Å². The summed E-state index contributed by atoms with van der Waals surface area (Å²) >= 11 is 3.35. The molecule has 1 aromatic rings. The van der Waals surface area contributed by atoms with E-state index in [1.807, 2.05) is 11.4 Å². The summed E-state index contributed by atoms with van der Waals surface area (Å²) in [5.74, 6) is -0.444. The molecular weight excluding hydrogens is 282 g/mol. The third-order valence-electron chi connectivity index (χ3n) is 3.25. The largest absolute Gasteiger partial charge is 0.481 e. The van der Waals surface area contributed by atoms with Crippen LogP contribution >= 0.6 is 23.1 Å². The number of thiophene rings is 1. The van der Waals surface area contributed by atoms with E-state index < -0.39 is 11.9 Å². The van der Waals surface area contributed by atoms with Gasteiger partial charge >= 0.3 is 5.97 Å². The molecule has 0 aliphatic carbocycles. The van der Waals surface area contributed by atoms with Crippen molar-refractivity contribution in [3.8, 4) is 0 Å². The van der Waals surface area contributed by atoms with E-state index in [-0.39, 0.29) is 17.7 Å². The molecule has 0 fully saturated rings. The molecule has 0 spiro atoms. The Bertz CT molecular complexity index is 486. The number of aryl methyl sites for hydroxylation is 1. The Labute approximate surface area is 120 Å². The highest BCUT2D eigenvalue weighted by molar-refractivity contribution is 8.00. The van der Waals surface area contributed by atoms with Crippen molar-refractivity contribution in [1.29, 1.82) is 0 Å². The van der Waals surface area contributed by atoms with Crippen LogP contribution in [0.3, 0.4) is 0 Å². The molecule has 2 unspecified atom stereocenters. The fourth-order valence-electron chi connectivity index (χ4n) is 2.13. The summed E-state index contributed by atoms with van der Waals surface area (Å²) in [6, 6.07) is 2.02. The first-order valence-electron chi connectivity index (χ1n) is 6.16. The predicted octanol–water partition coefficient (Wildman–Crippen LogP) is 2.26. The van der Waals surface area contributed by atoms with Crippen molar-refractivity contribution in [3.63, 3.8) is 0 Å². The lowest BCUT2D eigenvalue weighted by Crippen LogP contribution is -2.36. The summed E-state index contributed by atoms with van der Waals surface area (Å²) in [7, 11) is 1.68. The number of hydrogen-bond donors (Lipinski definition) is 1. The van der Waals surface area contributed by atoms with Crippen molar-refractivity contribution in [2.24, 2.45) is 5.92 Å². The molecule has 0 aromatic carbocycles. The second-order valence-corrected chi connectivity index (χ2v) is 6.97. The van der Waals surface area contributed by atoms with Crippen LogP contribution in [0.1, 0.15) is 22.6 Å². The Morgan fingerprint density at radius 2 is 2.32 bits per heavy atom. The molecule has 1 N–H and O–H groups in total. The summed E-state index contributed by atoms with van der Waals surface area (Å²) in [6.45, 7) is 1.88. The van der Waals surface area contributed by atoms with Crippen LogP contribution in [0.4, 0.5) is 0 Å². The van der Waals surface area contributed by atoms with Gasteiger partial charge in [-0.15, -0.1) is 23.1 Å². The fourth-order valence-corrected chi connectivity index (χ4v) is 4.54. The van der Waals surface area contributed by atoms with Crippen LogP contribution < -0.4 is 0 Å². The summed E-state index contributed by atoms with van der Waals surface area (Å²) in [5.41, 5.74) is 1.11. The number of thioether (sulfide) groups is 1.